The predicted molar refractivity (Wildman–Crippen MR) is 136 cm³/mol. The number of nitrogens with zero attached hydrogens (tertiary/aromatic N) is 1. The van der Waals surface area contributed by atoms with E-state index in [4.69, 9.17) is 14.2 Å². The van der Waals surface area contributed by atoms with Crippen LogP contribution in [-0.4, -0.2) is 43.7 Å². The zero-order valence-corrected chi connectivity index (χ0v) is 20.7. The molecule has 1 saturated heterocycles. The van der Waals surface area contributed by atoms with Crippen LogP contribution in [0.25, 0.3) is 0 Å². The zero-order chi connectivity index (χ0) is 25.3. The Labute approximate surface area is 210 Å². The average molecular weight is 490 g/mol. The molecule has 2 N–H and O–H groups in total. The van der Waals surface area contributed by atoms with Crippen LogP contribution in [0.15, 0.2) is 59.7 Å². The van der Waals surface area contributed by atoms with E-state index < -0.39 is 5.79 Å². The number of ether oxygens (including phenoxy) is 3. The third kappa shape index (κ3) is 4.79. The summed E-state index contributed by atoms with van der Waals surface area (Å²) in [7, 11) is 1.39. The van der Waals surface area contributed by atoms with Crippen molar-refractivity contribution >= 4 is 23.3 Å². The second-order valence-corrected chi connectivity index (χ2v) is 9.63. The van der Waals surface area contributed by atoms with Gasteiger partial charge in [0.15, 0.2) is 5.79 Å². The number of fused-ring (bicyclic) bond motifs is 3. The van der Waals surface area contributed by atoms with Crippen LogP contribution in [0.3, 0.4) is 0 Å². The van der Waals surface area contributed by atoms with E-state index in [0.29, 0.717) is 24.7 Å². The van der Waals surface area contributed by atoms with Crippen molar-refractivity contribution in [3.8, 4) is 0 Å². The molecule has 0 bridgehead atoms. The highest BCUT2D eigenvalue weighted by molar-refractivity contribution is 6.00. The molecule has 8 heteroatoms. The van der Waals surface area contributed by atoms with E-state index in [1.807, 2.05) is 37.3 Å². The second kappa shape index (κ2) is 9.87. The molecule has 0 radical (unpaired) electrons. The number of benzene rings is 2. The van der Waals surface area contributed by atoms with Gasteiger partial charge in [0.05, 0.1) is 44.1 Å². The summed E-state index contributed by atoms with van der Waals surface area (Å²) < 4.78 is 15.8. The van der Waals surface area contributed by atoms with E-state index in [0.717, 1.165) is 28.9 Å². The maximum Gasteiger partial charge on any atom is 0.337 e. The molecular formula is C28H31N3O5. The molecule has 1 fully saturated rings. The van der Waals surface area contributed by atoms with Crippen LogP contribution < -0.4 is 10.7 Å². The SMILES string of the molecule is COC(=O)c1ccc([C@@H]2Nc3ccc(/C(C)=N\NC(=O)CC4(C)OCCO4)cc3[C@@H]3C=CC[C@H]32)cc1. The fourth-order valence-electron chi connectivity index (χ4n) is 5.29. The third-order valence-electron chi connectivity index (χ3n) is 7.20. The van der Waals surface area contributed by atoms with Gasteiger partial charge in [-0.15, -0.1) is 0 Å². The van der Waals surface area contributed by atoms with Crippen molar-refractivity contribution in [2.45, 2.75) is 44.4 Å². The number of nitrogens with one attached hydrogen (secondary N) is 2. The summed E-state index contributed by atoms with van der Waals surface area (Å²) in [5.74, 6) is -0.839. The molecule has 0 unspecified atom stereocenters. The smallest absolute Gasteiger partial charge is 0.337 e. The van der Waals surface area contributed by atoms with Crippen molar-refractivity contribution in [1.29, 1.82) is 0 Å². The fraction of sp³-hybridized carbons (Fsp3) is 0.393. The molecule has 2 aromatic carbocycles. The Morgan fingerprint density at radius 2 is 1.86 bits per heavy atom. The molecular weight excluding hydrogens is 458 g/mol. The summed E-state index contributed by atoms with van der Waals surface area (Å²) in [6, 6.07) is 14.0. The van der Waals surface area contributed by atoms with Gasteiger partial charge in [0, 0.05) is 11.6 Å². The first-order valence-corrected chi connectivity index (χ1v) is 12.2. The minimum Gasteiger partial charge on any atom is -0.465 e. The number of hydrogen-bond acceptors (Lipinski definition) is 7. The molecule has 5 rings (SSSR count). The molecule has 2 aliphatic heterocycles. The van der Waals surface area contributed by atoms with Gasteiger partial charge in [-0.05, 0) is 67.1 Å². The van der Waals surface area contributed by atoms with Gasteiger partial charge in [-0.25, -0.2) is 10.2 Å². The van der Waals surface area contributed by atoms with Crippen LogP contribution in [-0.2, 0) is 19.0 Å². The van der Waals surface area contributed by atoms with Gasteiger partial charge in [0.1, 0.15) is 0 Å². The molecule has 0 spiro atoms. The van der Waals surface area contributed by atoms with Crippen LogP contribution in [0, 0.1) is 5.92 Å². The van der Waals surface area contributed by atoms with Gasteiger partial charge >= 0.3 is 5.97 Å². The lowest BCUT2D eigenvalue weighted by atomic mass is 9.76. The van der Waals surface area contributed by atoms with E-state index in [1.165, 1.54) is 12.7 Å². The Hall–Kier alpha value is -3.49. The van der Waals surface area contributed by atoms with Crippen molar-refractivity contribution in [3.63, 3.8) is 0 Å². The molecule has 3 atom stereocenters. The number of carbonyl (C=O) groups excluding carboxylic acids is 2. The molecule has 1 aliphatic carbocycles. The monoisotopic (exact) mass is 489 g/mol. The number of anilines is 1. The average Bonchev–Trinajstić information content (AvgIpc) is 3.56. The highest BCUT2D eigenvalue weighted by Gasteiger charge is 2.38. The van der Waals surface area contributed by atoms with E-state index in [1.54, 1.807) is 6.92 Å². The Bertz CT molecular complexity index is 1210. The van der Waals surface area contributed by atoms with Crippen LogP contribution in [0.4, 0.5) is 5.69 Å². The Kier molecular flexibility index (Phi) is 6.64. The summed E-state index contributed by atoms with van der Waals surface area (Å²) in [6.45, 7) is 4.63. The number of carbonyl (C=O) groups is 2. The maximum absolute atomic E-state index is 12.3. The van der Waals surface area contributed by atoms with Crippen molar-refractivity contribution in [2.24, 2.45) is 11.0 Å². The fourth-order valence-corrected chi connectivity index (χ4v) is 5.29. The summed E-state index contributed by atoms with van der Waals surface area (Å²) in [5, 5.41) is 8.04. The number of methoxy groups -OCH3 is 1. The molecule has 3 aliphatic rings. The van der Waals surface area contributed by atoms with Crippen molar-refractivity contribution < 1.29 is 23.8 Å². The topological polar surface area (TPSA) is 98.2 Å². The molecule has 188 valence electrons. The Morgan fingerprint density at radius 1 is 1.14 bits per heavy atom. The van der Waals surface area contributed by atoms with Gasteiger partial charge in [0.25, 0.3) is 0 Å². The Balaban J connectivity index is 1.32. The highest BCUT2D eigenvalue weighted by Crippen LogP contribution is 2.50. The first kappa shape index (κ1) is 24.2. The number of allylic oxidation sites excluding steroid dienone is 2. The van der Waals surface area contributed by atoms with Crippen LogP contribution in [0.1, 0.15) is 65.7 Å². The van der Waals surface area contributed by atoms with Crippen LogP contribution in [0.2, 0.25) is 0 Å². The van der Waals surface area contributed by atoms with Gasteiger partial charge < -0.3 is 19.5 Å². The summed E-state index contributed by atoms with van der Waals surface area (Å²) in [5.41, 5.74) is 8.29. The molecule has 0 aromatic heterocycles. The third-order valence-corrected chi connectivity index (χ3v) is 7.20. The minimum atomic E-state index is -0.884. The summed E-state index contributed by atoms with van der Waals surface area (Å²) >= 11 is 0. The normalized spacial score (nSPS) is 24.0. The van der Waals surface area contributed by atoms with Crippen molar-refractivity contribution in [2.75, 3.05) is 25.6 Å². The van der Waals surface area contributed by atoms with Gasteiger partial charge in [-0.2, -0.15) is 5.10 Å². The maximum atomic E-state index is 12.3. The number of hydrazone groups is 1. The molecule has 1 amide bonds. The number of rotatable bonds is 6. The quantitative estimate of drug-likeness (QED) is 0.272. The van der Waals surface area contributed by atoms with Crippen molar-refractivity contribution in [1.82, 2.24) is 5.43 Å². The van der Waals surface area contributed by atoms with Gasteiger partial charge in [-0.3, -0.25) is 4.79 Å². The van der Waals surface area contributed by atoms with E-state index in [2.05, 4.69) is 40.1 Å². The summed E-state index contributed by atoms with van der Waals surface area (Å²) in [4.78, 5) is 24.2. The molecule has 36 heavy (non-hydrogen) atoms. The van der Waals surface area contributed by atoms with E-state index >= 15 is 0 Å². The molecule has 2 aromatic rings. The minimum absolute atomic E-state index is 0.0917. The largest absolute Gasteiger partial charge is 0.465 e. The predicted octanol–water partition coefficient (Wildman–Crippen LogP) is 4.29. The molecule has 2 heterocycles. The Morgan fingerprint density at radius 3 is 2.58 bits per heavy atom. The lowest BCUT2D eigenvalue weighted by Crippen LogP contribution is -2.33. The van der Waals surface area contributed by atoms with Gasteiger partial charge in [-0.1, -0.05) is 30.4 Å². The lowest BCUT2D eigenvalue weighted by Gasteiger charge is -2.37. The van der Waals surface area contributed by atoms with E-state index in [-0.39, 0.29) is 30.3 Å². The van der Waals surface area contributed by atoms with E-state index in [9.17, 15) is 9.59 Å². The number of amides is 1. The number of esters is 1. The lowest BCUT2D eigenvalue weighted by molar-refractivity contribution is -0.159. The zero-order valence-electron chi connectivity index (χ0n) is 20.7. The first-order valence-electron chi connectivity index (χ1n) is 12.2. The standard InChI is InChI=1S/C28H31N3O5/c1-17(30-31-25(32)16-28(2)35-13-14-36-28)20-11-12-24-23(15-20)21-5-4-6-22(21)26(29-24)18-7-9-19(10-8-18)27(33)34-3/h4-5,7-12,15,21-22,26,29H,6,13-14,16H2,1-3H3,(H,31,32)/b30-17-/t21-,22-,26+/m1/s1. The van der Waals surface area contributed by atoms with Crippen LogP contribution in [0.5, 0.6) is 0 Å². The van der Waals surface area contributed by atoms with Gasteiger partial charge in [0.2, 0.25) is 5.91 Å². The molecule has 8 nitrogen and oxygen atoms in total. The van der Waals surface area contributed by atoms with Crippen LogP contribution >= 0.6 is 0 Å². The molecule has 0 saturated carbocycles. The summed E-state index contributed by atoms with van der Waals surface area (Å²) in [6.07, 6.45) is 5.58. The van der Waals surface area contributed by atoms with Crippen molar-refractivity contribution in [3.05, 3.63) is 76.9 Å². The number of hydrogen-bond donors (Lipinski definition) is 2. The first-order chi connectivity index (χ1) is 17.4. The second-order valence-electron chi connectivity index (χ2n) is 9.63. The highest BCUT2D eigenvalue weighted by atomic mass is 16.7.